The lowest BCUT2D eigenvalue weighted by Gasteiger charge is -2.39. The van der Waals surface area contributed by atoms with Crippen molar-refractivity contribution in [3.05, 3.63) is 64.7 Å². The van der Waals surface area contributed by atoms with Crippen LogP contribution >= 0.6 is 11.6 Å². The summed E-state index contributed by atoms with van der Waals surface area (Å²) in [6.07, 6.45) is 4.19. The summed E-state index contributed by atoms with van der Waals surface area (Å²) in [7, 11) is 0. The van der Waals surface area contributed by atoms with E-state index in [2.05, 4.69) is 61.0 Å². The van der Waals surface area contributed by atoms with Crippen LogP contribution in [0.15, 0.2) is 48.5 Å². The van der Waals surface area contributed by atoms with Crippen LogP contribution in [0, 0.1) is 17.2 Å². The lowest BCUT2D eigenvalue weighted by molar-refractivity contribution is 0.120. The number of carbonyl (C=O) groups is 1. The predicted octanol–water partition coefficient (Wildman–Crippen LogP) is 6.67. The van der Waals surface area contributed by atoms with Gasteiger partial charge in [-0.15, -0.1) is 0 Å². The van der Waals surface area contributed by atoms with E-state index in [4.69, 9.17) is 11.6 Å². The second kappa shape index (κ2) is 10.6. The first-order chi connectivity index (χ1) is 16.7. The molecule has 2 fully saturated rings. The molecule has 0 spiro atoms. The Morgan fingerprint density at radius 3 is 2.49 bits per heavy atom. The van der Waals surface area contributed by atoms with E-state index in [1.165, 1.54) is 5.56 Å². The van der Waals surface area contributed by atoms with E-state index >= 15 is 0 Å². The van der Waals surface area contributed by atoms with Crippen LogP contribution in [0.25, 0.3) is 0 Å². The molecule has 2 saturated carbocycles. The average molecular weight is 493 g/mol. The molecule has 0 aromatic heterocycles. The zero-order valence-electron chi connectivity index (χ0n) is 21.3. The van der Waals surface area contributed by atoms with E-state index < -0.39 is 0 Å². The van der Waals surface area contributed by atoms with Gasteiger partial charge < -0.3 is 10.2 Å². The molecule has 2 aliphatic rings. The van der Waals surface area contributed by atoms with Crippen LogP contribution in [-0.2, 0) is 5.41 Å². The summed E-state index contributed by atoms with van der Waals surface area (Å²) in [5.74, 6) is 0.562. The Labute approximate surface area is 215 Å². The fraction of sp³-hybridized carbons (Fsp3) is 0.517. The summed E-state index contributed by atoms with van der Waals surface area (Å²) in [6, 6.07) is 18.7. The third-order valence-corrected chi connectivity index (χ3v) is 8.25. The topological polar surface area (TPSA) is 59.4 Å². The molecule has 1 N–H and O–H groups in total. The van der Waals surface area contributed by atoms with Crippen LogP contribution in [0.1, 0.15) is 64.5 Å². The Balaban J connectivity index is 1.49. The van der Waals surface area contributed by atoms with Crippen LogP contribution in [0.5, 0.6) is 0 Å². The number of carbonyl (C=O) groups excluding carboxylic acids is 1. The normalized spacial score (nSPS) is 23.2. The molecule has 3 atom stereocenters. The number of anilines is 1. The second-order valence-electron chi connectivity index (χ2n) is 10.7. The van der Waals surface area contributed by atoms with Crippen molar-refractivity contribution in [1.82, 2.24) is 9.80 Å². The highest BCUT2D eigenvalue weighted by molar-refractivity contribution is 6.30. The molecule has 2 amide bonds. The first-order valence-corrected chi connectivity index (χ1v) is 13.2. The molecule has 186 valence electrons. The number of nitrogens with zero attached hydrogens (tertiary/aromatic N) is 3. The van der Waals surface area contributed by atoms with Crippen molar-refractivity contribution < 1.29 is 4.79 Å². The maximum Gasteiger partial charge on any atom is 0.322 e. The quantitative estimate of drug-likeness (QED) is 0.447. The van der Waals surface area contributed by atoms with Crippen LogP contribution in [-0.4, -0.2) is 47.0 Å². The maximum absolute atomic E-state index is 13.5. The first kappa shape index (κ1) is 25.5. The maximum atomic E-state index is 13.5. The largest absolute Gasteiger partial charge is 0.322 e. The van der Waals surface area contributed by atoms with E-state index in [9.17, 15) is 10.1 Å². The van der Waals surface area contributed by atoms with Crippen molar-refractivity contribution in [1.29, 1.82) is 5.26 Å². The minimum Gasteiger partial charge on any atom is -0.320 e. The van der Waals surface area contributed by atoms with Gasteiger partial charge in [-0.3, -0.25) is 4.90 Å². The zero-order valence-corrected chi connectivity index (χ0v) is 22.1. The fourth-order valence-electron chi connectivity index (χ4n) is 6.06. The molecular formula is C29H37ClN4O. The molecule has 1 unspecified atom stereocenters. The monoisotopic (exact) mass is 492 g/mol. The van der Waals surface area contributed by atoms with Gasteiger partial charge in [0.15, 0.2) is 0 Å². The molecule has 4 rings (SSSR count). The lowest BCUT2D eigenvalue weighted by atomic mass is 9.80. The van der Waals surface area contributed by atoms with Gasteiger partial charge in [-0.1, -0.05) is 23.7 Å². The van der Waals surface area contributed by atoms with Gasteiger partial charge in [0.05, 0.1) is 11.6 Å². The highest BCUT2D eigenvalue weighted by Crippen LogP contribution is 2.62. The zero-order chi connectivity index (χ0) is 25.2. The van der Waals surface area contributed by atoms with E-state index in [1.54, 1.807) is 12.1 Å². The van der Waals surface area contributed by atoms with Crippen molar-refractivity contribution >= 4 is 23.3 Å². The second-order valence-corrected chi connectivity index (χ2v) is 11.2. The number of hydrogen-bond donors (Lipinski definition) is 1. The van der Waals surface area contributed by atoms with Crippen LogP contribution in [0.4, 0.5) is 10.5 Å². The SMILES string of the molecule is CC(C)N(CCN(C(=O)Nc1ccc(Cl)cc1)[C@@H]1CC[C@]2(c3cccc(C#N)c3)CC2C1)C(C)C. The van der Waals surface area contributed by atoms with Crippen molar-refractivity contribution in [2.75, 3.05) is 18.4 Å². The highest BCUT2D eigenvalue weighted by atomic mass is 35.5. The van der Waals surface area contributed by atoms with Crippen LogP contribution in [0.3, 0.4) is 0 Å². The van der Waals surface area contributed by atoms with Gasteiger partial charge in [0, 0.05) is 41.9 Å². The van der Waals surface area contributed by atoms with Gasteiger partial charge in [0.2, 0.25) is 0 Å². The Hall–Kier alpha value is -2.55. The van der Waals surface area contributed by atoms with Gasteiger partial charge >= 0.3 is 6.03 Å². The Kier molecular flexibility index (Phi) is 7.73. The van der Waals surface area contributed by atoms with Gasteiger partial charge in [0.25, 0.3) is 0 Å². The standard InChI is InChI=1S/C29H37ClN4O/c1-20(2)33(21(3)4)14-15-34(28(35)32-26-10-8-25(30)9-11-26)27-12-13-29(18-24(29)17-27)23-7-5-6-22(16-23)19-31/h5-11,16,20-21,24,27H,12-15,17-18H2,1-4H3,(H,32,35)/t24?,27-,29-/m1/s1. The van der Waals surface area contributed by atoms with Crippen LogP contribution < -0.4 is 5.32 Å². The molecule has 2 aliphatic carbocycles. The molecule has 0 aliphatic heterocycles. The smallest absolute Gasteiger partial charge is 0.320 e. The molecule has 2 aromatic rings. The van der Waals surface area contributed by atoms with E-state index in [0.29, 0.717) is 29.6 Å². The number of benzene rings is 2. The third kappa shape index (κ3) is 5.66. The average Bonchev–Trinajstić information content (AvgIpc) is 3.58. The molecule has 0 heterocycles. The van der Waals surface area contributed by atoms with Gasteiger partial charge in [-0.2, -0.15) is 5.26 Å². The molecule has 0 bridgehead atoms. The number of nitriles is 1. The molecule has 0 saturated heterocycles. The van der Waals surface area contributed by atoms with Crippen molar-refractivity contribution in [3.8, 4) is 6.07 Å². The third-order valence-electron chi connectivity index (χ3n) is 8.00. The number of urea groups is 1. The number of hydrogen-bond acceptors (Lipinski definition) is 3. The molecule has 35 heavy (non-hydrogen) atoms. The van der Waals surface area contributed by atoms with Crippen molar-refractivity contribution in [2.45, 2.75) is 76.9 Å². The van der Waals surface area contributed by atoms with Gasteiger partial charge in [0.1, 0.15) is 0 Å². The van der Waals surface area contributed by atoms with E-state index in [-0.39, 0.29) is 17.5 Å². The fourth-order valence-corrected chi connectivity index (χ4v) is 6.19. The Morgan fingerprint density at radius 2 is 1.86 bits per heavy atom. The number of nitrogens with one attached hydrogen (secondary N) is 1. The summed E-state index contributed by atoms with van der Waals surface area (Å²) in [6.45, 7) is 10.4. The van der Waals surface area contributed by atoms with E-state index in [1.807, 2.05) is 24.3 Å². The van der Waals surface area contributed by atoms with E-state index in [0.717, 1.165) is 43.5 Å². The van der Waals surface area contributed by atoms with Gasteiger partial charge in [-0.25, -0.2) is 4.79 Å². The Morgan fingerprint density at radius 1 is 1.14 bits per heavy atom. The van der Waals surface area contributed by atoms with Crippen LogP contribution in [0.2, 0.25) is 5.02 Å². The molecule has 2 aromatic carbocycles. The summed E-state index contributed by atoms with van der Waals surface area (Å²) in [4.78, 5) is 18.0. The summed E-state index contributed by atoms with van der Waals surface area (Å²) in [5, 5.41) is 13.1. The molecule has 0 radical (unpaired) electrons. The number of amides is 2. The van der Waals surface area contributed by atoms with Crippen molar-refractivity contribution in [2.24, 2.45) is 5.92 Å². The van der Waals surface area contributed by atoms with Gasteiger partial charge in [-0.05, 0) is 107 Å². The number of fused-ring (bicyclic) bond motifs is 1. The first-order valence-electron chi connectivity index (χ1n) is 12.8. The Bertz CT molecular complexity index is 1070. The summed E-state index contributed by atoms with van der Waals surface area (Å²) < 4.78 is 0. The minimum absolute atomic E-state index is 0.0376. The van der Waals surface area contributed by atoms with Crippen molar-refractivity contribution in [3.63, 3.8) is 0 Å². The number of halogens is 1. The molecule has 5 nitrogen and oxygen atoms in total. The highest BCUT2D eigenvalue weighted by Gasteiger charge is 2.58. The minimum atomic E-state index is -0.0376. The lowest BCUT2D eigenvalue weighted by Crippen LogP contribution is -2.50. The number of rotatable bonds is 8. The molecular weight excluding hydrogens is 456 g/mol. The summed E-state index contributed by atoms with van der Waals surface area (Å²) >= 11 is 6.03. The summed E-state index contributed by atoms with van der Waals surface area (Å²) in [5.41, 5.74) is 2.97. The molecule has 6 heteroatoms. The predicted molar refractivity (Wildman–Crippen MR) is 143 cm³/mol.